The lowest BCUT2D eigenvalue weighted by Crippen LogP contribution is -2.35. The number of aromatic nitrogens is 3. The Bertz CT molecular complexity index is 384. The van der Waals surface area contributed by atoms with Gasteiger partial charge in [0.1, 0.15) is 19.0 Å². The van der Waals surface area contributed by atoms with Crippen molar-refractivity contribution < 1.29 is 9.53 Å². The van der Waals surface area contributed by atoms with Gasteiger partial charge in [0.15, 0.2) is 0 Å². The smallest absolute Gasteiger partial charge is 0.328 e. The second-order valence-corrected chi connectivity index (χ2v) is 4.29. The van der Waals surface area contributed by atoms with Crippen LogP contribution in [-0.4, -0.2) is 51.9 Å². The Balaban J connectivity index is 1.77. The summed E-state index contributed by atoms with van der Waals surface area (Å²) < 4.78 is 6.74. The normalized spacial score (nSPS) is 18.2. The van der Waals surface area contributed by atoms with E-state index in [1.165, 1.54) is 11.0 Å². The molecule has 1 saturated heterocycles. The van der Waals surface area contributed by atoms with Crippen molar-refractivity contribution in [3.63, 3.8) is 0 Å². The summed E-state index contributed by atoms with van der Waals surface area (Å²) >= 11 is 0. The van der Waals surface area contributed by atoms with Crippen LogP contribution in [0, 0.1) is 0 Å². The third-order valence-electron chi connectivity index (χ3n) is 2.81. The highest BCUT2D eigenvalue weighted by Crippen LogP contribution is 2.12. The van der Waals surface area contributed by atoms with E-state index in [-0.39, 0.29) is 24.6 Å². The lowest BCUT2D eigenvalue weighted by Gasteiger charge is -2.28. The second-order valence-electron chi connectivity index (χ2n) is 4.29. The molecule has 1 aliphatic heterocycles. The molecule has 0 aromatic carbocycles. The predicted octanol–water partition coefficient (Wildman–Crippen LogP) is -0.502. The molecule has 0 saturated carbocycles. The van der Waals surface area contributed by atoms with Gasteiger partial charge in [0, 0.05) is 13.1 Å². The van der Waals surface area contributed by atoms with Gasteiger partial charge in [0.2, 0.25) is 5.95 Å². The molecule has 2 heterocycles. The molecular formula is C10H17N5O2. The number of nitrogen functional groups attached to an aromatic ring is 1. The zero-order chi connectivity index (χ0) is 12.3. The average molecular weight is 239 g/mol. The minimum Gasteiger partial charge on any atom is -0.461 e. The molecule has 0 atom stereocenters. The van der Waals surface area contributed by atoms with Crippen molar-refractivity contribution >= 4 is 11.9 Å². The van der Waals surface area contributed by atoms with Crippen LogP contribution in [0.1, 0.15) is 12.8 Å². The zero-order valence-electron chi connectivity index (χ0n) is 9.87. The van der Waals surface area contributed by atoms with Crippen LogP contribution < -0.4 is 5.73 Å². The fourth-order valence-electron chi connectivity index (χ4n) is 1.84. The van der Waals surface area contributed by atoms with Crippen LogP contribution in [0.4, 0.5) is 5.95 Å². The van der Waals surface area contributed by atoms with Crippen LogP contribution >= 0.6 is 0 Å². The van der Waals surface area contributed by atoms with Gasteiger partial charge in [0.05, 0.1) is 0 Å². The van der Waals surface area contributed by atoms with E-state index in [9.17, 15) is 4.79 Å². The van der Waals surface area contributed by atoms with Gasteiger partial charge < -0.3 is 15.4 Å². The van der Waals surface area contributed by atoms with Gasteiger partial charge in [-0.1, -0.05) is 0 Å². The molecule has 0 amide bonds. The third kappa shape index (κ3) is 3.42. The van der Waals surface area contributed by atoms with E-state index in [0.717, 1.165) is 25.9 Å². The van der Waals surface area contributed by atoms with Crippen molar-refractivity contribution in [1.82, 2.24) is 19.7 Å². The maximum absolute atomic E-state index is 11.6. The maximum Gasteiger partial charge on any atom is 0.328 e. The first kappa shape index (κ1) is 11.8. The molecule has 1 fully saturated rings. The molecule has 0 bridgehead atoms. The number of piperidine rings is 1. The number of hydrogen-bond acceptors (Lipinski definition) is 6. The molecule has 2 rings (SSSR count). The molecular weight excluding hydrogens is 222 g/mol. The fourth-order valence-corrected chi connectivity index (χ4v) is 1.84. The van der Waals surface area contributed by atoms with E-state index in [4.69, 9.17) is 10.5 Å². The quantitative estimate of drug-likeness (QED) is 0.715. The Hall–Kier alpha value is -1.63. The number of carbonyl (C=O) groups excluding carboxylic acids is 1. The number of anilines is 1. The summed E-state index contributed by atoms with van der Waals surface area (Å²) in [6.07, 6.45) is 3.23. The van der Waals surface area contributed by atoms with Crippen LogP contribution in [0.25, 0.3) is 0 Å². The minimum absolute atomic E-state index is 0.0274. The number of likely N-dealkylation sites (tertiary alicyclic amines) is 1. The monoisotopic (exact) mass is 239 g/mol. The van der Waals surface area contributed by atoms with Crippen LogP contribution in [-0.2, 0) is 16.1 Å². The number of nitrogens with zero attached hydrogens (tertiary/aromatic N) is 4. The van der Waals surface area contributed by atoms with Crippen LogP contribution in [0.5, 0.6) is 0 Å². The highest BCUT2D eigenvalue weighted by atomic mass is 16.5. The van der Waals surface area contributed by atoms with Crippen LogP contribution in [0.15, 0.2) is 6.33 Å². The van der Waals surface area contributed by atoms with Crippen LogP contribution in [0.3, 0.4) is 0 Å². The second kappa shape index (κ2) is 5.13. The van der Waals surface area contributed by atoms with Gasteiger partial charge in [-0.2, -0.15) is 0 Å². The number of rotatable bonds is 3. The number of nitrogens with two attached hydrogens (primary N) is 1. The van der Waals surface area contributed by atoms with E-state index in [1.807, 2.05) is 0 Å². The Morgan fingerprint density at radius 3 is 2.88 bits per heavy atom. The number of esters is 1. The van der Waals surface area contributed by atoms with Crippen LogP contribution in [0.2, 0.25) is 0 Å². The Morgan fingerprint density at radius 1 is 1.59 bits per heavy atom. The lowest BCUT2D eigenvalue weighted by molar-refractivity contribution is -0.152. The average Bonchev–Trinajstić information content (AvgIpc) is 2.67. The maximum atomic E-state index is 11.6. The first-order chi connectivity index (χ1) is 8.13. The minimum atomic E-state index is -0.288. The highest BCUT2D eigenvalue weighted by Gasteiger charge is 2.20. The molecule has 1 aromatic rings. The Kier molecular flexibility index (Phi) is 3.58. The molecule has 0 aliphatic carbocycles. The molecule has 94 valence electrons. The molecule has 1 aliphatic rings. The summed E-state index contributed by atoms with van der Waals surface area (Å²) in [7, 11) is 2.07. The molecule has 17 heavy (non-hydrogen) atoms. The SMILES string of the molecule is CN1CCC(OC(=O)Cn2cnc(N)n2)CC1. The first-order valence-corrected chi connectivity index (χ1v) is 5.66. The summed E-state index contributed by atoms with van der Waals surface area (Å²) in [4.78, 5) is 17.6. The molecule has 7 nitrogen and oxygen atoms in total. The Morgan fingerprint density at radius 2 is 2.29 bits per heavy atom. The van der Waals surface area contributed by atoms with Gasteiger partial charge >= 0.3 is 5.97 Å². The van der Waals surface area contributed by atoms with E-state index in [1.54, 1.807) is 0 Å². The van der Waals surface area contributed by atoms with Crippen molar-refractivity contribution in [3.05, 3.63) is 6.33 Å². The number of hydrogen-bond donors (Lipinski definition) is 1. The van der Waals surface area contributed by atoms with E-state index >= 15 is 0 Å². The summed E-state index contributed by atoms with van der Waals surface area (Å²) in [5, 5.41) is 3.83. The summed E-state index contributed by atoms with van der Waals surface area (Å²) in [5.74, 6) is -0.124. The molecule has 7 heteroatoms. The first-order valence-electron chi connectivity index (χ1n) is 5.66. The molecule has 2 N–H and O–H groups in total. The van der Waals surface area contributed by atoms with Crippen molar-refractivity contribution in [1.29, 1.82) is 0 Å². The molecule has 0 unspecified atom stereocenters. The van der Waals surface area contributed by atoms with Gasteiger partial charge in [-0.15, -0.1) is 5.10 Å². The predicted molar refractivity (Wildman–Crippen MR) is 61.0 cm³/mol. The van der Waals surface area contributed by atoms with Gasteiger partial charge in [-0.3, -0.25) is 4.79 Å². The van der Waals surface area contributed by atoms with E-state index < -0.39 is 0 Å². The van der Waals surface area contributed by atoms with Crippen molar-refractivity contribution in [2.45, 2.75) is 25.5 Å². The third-order valence-corrected chi connectivity index (χ3v) is 2.81. The molecule has 0 spiro atoms. The van der Waals surface area contributed by atoms with E-state index in [0.29, 0.717) is 0 Å². The number of ether oxygens (including phenoxy) is 1. The fraction of sp³-hybridized carbons (Fsp3) is 0.700. The number of carbonyl (C=O) groups is 1. The molecule has 1 aromatic heterocycles. The zero-order valence-corrected chi connectivity index (χ0v) is 9.87. The lowest BCUT2D eigenvalue weighted by atomic mass is 10.1. The molecule has 0 radical (unpaired) electrons. The van der Waals surface area contributed by atoms with E-state index in [2.05, 4.69) is 22.0 Å². The topological polar surface area (TPSA) is 86.3 Å². The highest BCUT2D eigenvalue weighted by molar-refractivity contribution is 5.69. The summed E-state index contributed by atoms with van der Waals surface area (Å²) in [6.45, 7) is 2.00. The Labute approximate surface area is 99.5 Å². The summed E-state index contributed by atoms with van der Waals surface area (Å²) in [6, 6.07) is 0. The van der Waals surface area contributed by atoms with Crippen molar-refractivity contribution in [3.8, 4) is 0 Å². The largest absolute Gasteiger partial charge is 0.461 e. The van der Waals surface area contributed by atoms with Crippen molar-refractivity contribution in [2.24, 2.45) is 0 Å². The summed E-state index contributed by atoms with van der Waals surface area (Å²) in [5.41, 5.74) is 5.35. The van der Waals surface area contributed by atoms with Gasteiger partial charge in [-0.05, 0) is 19.9 Å². The standard InChI is InChI=1S/C10H17N5O2/c1-14-4-2-8(3-5-14)17-9(16)6-15-7-12-10(11)13-15/h7-8H,2-6H2,1H3,(H2,11,13). The van der Waals surface area contributed by atoms with Gasteiger partial charge in [0.25, 0.3) is 0 Å². The van der Waals surface area contributed by atoms with Gasteiger partial charge in [-0.25, -0.2) is 9.67 Å². The van der Waals surface area contributed by atoms with Crippen molar-refractivity contribution in [2.75, 3.05) is 25.9 Å².